The molecule has 1 saturated carbocycles. The minimum Gasteiger partial charge on any atom is -0.350 e. The van der Waals surface area contributed by atoms with Gasteiger partial charge in [0.15, 0.2) is 0 Å². The summed E-state index contributed by atoms with van der Waals surface area (Å²) in [4.78, 5) is 14.8. The van der Waals surface area contributed by atoms with E-state index in [0.717, 1.165) is 12.8 Å². The molecule has 21 heavy (non-hydrogen) atoms. The van der Waals surface area contributed by atoms with Crippen molar-refractivity contribution in [2.45, 2.75) is 65.0 Å². The maximum absolute atomic E-state index is 12.2. The van der Waals surface area contributed by atoms with E-state index >= 15 is 0 Å². The maximum Gasteiger partial charge on any atom is 0.220 e. The summed E-state index contributed by atoms with van der Waals surface area (Å²) in [6, 6.07) is 2.47. The van der Waals surface area contributed by atoms with Crippen LogP contribution in [0.25, 0.3) is 0 Å². The molecule has 0 spiro atoms. The number of nitrogens with two attached hydrogens (primary N) is 1. The first-order chi connectivity index (χ1) is 9.47. The van der Waals surface area contributed by atoms with Gasteiger partial charge in [0.05, 0.1) is 6.04 Å². The van der Waals surface area contributed by atoms with Gasteiger partial charge in [0.25, 0.3) is 0 Å². The van der Waals surface area contributed by atoms with Crippen LogP contribution < -0.4 is 11.1 Å². The van der Waals surface area contributed by atoms with Crippen LogP contribution in [0, 0.1) is 19.8 Å². The molecule has 1 aromatic heterocycles. The minimum atomic E-state index is 0. The van der Waals surface area contributed by atoms with Gasteiger partial charge in [-0.05, 0) is 51.2 Å². The Balaban J connectivity index is 0.00000220. The number of aryl methyl sites for hydroxylation is 2. The Labute approximate surface area is 138 Å². The Morgan fingerprint density at radius 2 is 2.10 bits per heavy atom. The lowest BCUT2D eigenvalue weighted by molar-refractivity contribution is -0.123. The monoisotopic (exact) mass is 330 g/mol. The van der Waals surface area contributed by atoms with Crippen molar-refractivity contribution >= 4 is 29.7 Å². The van der Waals surface area contributed by atoms with Crippen LogP contribution in [0.2, 0.25) is 0 Å². The topological polar surface area (TPSA) is 55.1 Å². The smallest absolute Gasteiger partial charge is 0.220 e. The van der Waals surface area contributed by atoms with Crippen LogP contribution in [0.1, 0.15) is 60.4 Å². The number of thiophene rings is 1. The van der Waals surface area contributed by atoms with Gasteiger partial charge in [0.2, 0.25) is 5.91 Å². The zero-order valence-electron chi connectivity index (χ0n) is 13.1. The highest BCUT2D eigenvalue weighted by Crippen LogP contribution is 2.28. The van der Waals surface area contributed by atoms with E-state index in [0.29, 0.717) is 12.3 Å². The molecule has 1 heterocycles. The van der Waals surface area contributed by atoms with E-state index in [-0.39, 0.29) is 30.4 Å². The summed E-state index contributed by atoms with van der Waals surface area (Å²) >= 11 is 1.79. The SMILES string of the molecule is Cc1cc(C(C)NC(=O)CC2CCCCC2N)c(C)s1.Cl. The molecule has 5 heteroatoms. The number of carbonyl (C=O) groups is 1. The van der Waals surface area contributed by atoms with Gasteiger partial charge in [-0.25, -0.2) is 0 Å². The van der Waals surface area contributed by atoms with E-state index in [1.54, 1.807) is 11.3 Å². The van der Waals surface area contributed by atoms with Crippen molar-refractivity contribution in [3.8, 4) is 0 Å². The molecule has 0 radical (unpaired) electrons. The Hall–Kier alpha value is -0.580. The molecule has 0 bridgehead atoms. The molecule has 1 fully saturated rings. The van der Waals surface area contributed by atoms with E-state index in [1.165, 1.54) is 28.2 Å². The molecule has 3 nitrogen and oxygen atoms in total. The van der Waals surface area contributed by atoms with Crippen LogP contribution in [0.5, 0.6) is 0 Å². The van der Waals surface area contributed by atoms with Gasteiger partial charge in [-0.1, -0.05) is 12.8 Å². The molecule has 3 atom stereocenters. The standard InChI is InChI=1S/C16H26N2OS.ClH/c1-10-8-14(12(3)20-10)11(2)18-16(19)9-13-6-4-5-7-15(13)17;/h8,11,13,15H,4-7,9,17H2,1-3H3,(H,18,19);1H. The molecule has 1 aliphatic rings. The number of amides is 1. The van der Waals surface area contributed by atoms with Gasteiger partial charge in [0, 0.05) is 22.2 Å². The van der Waals surface area contributed by atoms with Crippen LogP contribution in [0.3, 0.4) is 0 Å². The second-order valence-electron chi connectivity index (χ2n) is 6.07. The van der Waals surface area contributed by atoms with Crippen LogP contribution in [0.4, 0.5) is 0 Å². The third-order valence-corrected chi connectivity index (χ3v) is 5.32. The fraction of sp³-hybridized carbons (Fsp3) is 0.688. The van der Waals surface area contributed by atoms with Crippen LogP contribution in [-0.4, -0.2) is 11.9 Å². The molecule has 0 aliphatic heterocycles. The molecular formula is C16H27ClN2OS. The molecule has 3 unspecified atom stereocenters. The average molecular weight is 331 g/mol. The van der Waals surface area contributed by atoms with Crippen molar-refractivity contribution < 1.29 is 4.79 Å². The third-order valence-electron chi connectivity index (χ3n) is 4.34. The van der Waals surface area contributed by atoms with Gasteiger partial charge < -0.3 is 11.1 Å². The summed E-state index contributed by atoms with van der Waals surface area (Å²) in [6.45, 7) is 6.29. The third kappa shape index (κ3) is 4.97. The van der Waals surface area contributed by atoms with Crippen LogP contribution in [-0.2, 0) is 4.79 Å². The molecule has 0 saturated heterocycles. The van der Waals surface area contributed by atoms with E-state index in [9.17, 15) is 4.79 Å². The minimum absolute atomic E-state index is 0. The molecule has 1 aromatic rings. The van der Waals surface area contributed by atoms with Gasteiger partial charge in [-0.3, -0.25) is 4.79 Å². The van der Waals surface area contributed by atoms with Crippen molar-refractivity contribution in [3.63, 3.8) is 0 Å². The average Bonchev–Trinajstić information content (AvgIpc) is 2.71. The normalized spacial score (nSPS) is 23.2. The largest absolute Gasteiger partial charge is 0.350 e. The van der Waals surface area contributed by atoms with Crippen molar-refractivity contribution in [3.05, 3.63) is 21.4 Å². The van der Waals surface area contributed by atoms with E-state index in [2.05, 4.69) is 32.2 Å². The maximum atomic E-state index is 12.2. The number of hydrogen-bond acceptors (Lipinski definition) is 3. The summed E-state index contributed by atoms with van der Waals surface area (Å²) in [7, 11) is 0. The highest BCUT2D eigenvalue weighted by Gasteiger charge is 2.25. The van der Waals surface area contributed by atoms with Gasteiger partial charge in [-0.15, -0.1) is 23.7 Å². The van der Waals surface area contributed by atoms with Crippen molar-refractivity contribution in [1.82, 2.24) is 5.32 Å². The fourth-order valence-corrected chi connectivity index (χ4v) is 4.21. The molecule has 3 N–H and O–H groups in total. The van der Waals surface area contributed by atoms with Crippen molar-refractivity contribution in [2.24, 2.45) is 11.7 Å². The van der Waals surface area contributed by atoms with E-state index in [1.807, 2.05) is 0 Å². The van der Waals surface area contributed by atoms with Gasteiger partial charge in [0.1, 0.15) is 0 Å². The lowest BCUT2D eigenvalue weighted by atomic mass is 9.83. The quantitative estimate of drug-likeness (QED) is 0.880. The first-order valence-electron chi connectivity index (χ1n) is 7.59. The second-order valence-corrected chi connectivity index (χ2v) is 7.53. The Morgan fingerprint density at radius 3 is 2.67 bits per heavy atom. The predicted octanol–water partition coefficient (Wildman–Crippen LogP) is 3.87. The summed E-state index contributed by atoms with van der Waals surface area (Å²) in [5, 5.41) is 3.13. The molecule has 1 aliphatic carbocycles. The van der Waals surface area contributed by atoms with E-state index in [4.69, 9.17) is 5.73 Å². The van der Waals surface area contributed by atoms with Crippen molar-refractivity contribution in [1.29, 1.82) is 0 Å². The first kappa shape index (κ1) is 18.5. The highest BCUT2D eigenvalue weighted by atomic mass is 35.5. The molecule has 0 aromatic carbocycles. The number of halogens is 1. The molecule has 120 valence electrons. The molecule has 2 rings (SSSR count). The summed E-state index contributed by atoms with van der Waals surface area (Å²) in [5.74, 6) is 0.504. The summed E-state index contributed by atoms with van der Waals surface area (Å²) in [5.41, 5.74) is 7.36. The fourth-order valence-electron chi connectivity index (χ4n) is 3.19. The lowest BCUT2D eigenvalue weighted by Crippen LogP contribution is -2.37. The zero-order valence-corrected chi connectivity index (χ0v) is 14.8. The number of hydrogen-bond donors (Lipinski definition) is 2. The van der Waals surface area contributed by atoms with Crippen molar-refractivity contribution in [2.75, 3.05) is 0 Å². The second kappa shape index (κ2) is 8.16. The highest BCUT2D eigenvalue weighted by molar-refractivity contribution is 7.12. The van der Waals surface area contributed by atoms with E-state index < -0.39 is 0 Å². The van der Waals surface area contributed by atoms with Gasteiger partial charge in [-0.2, -0.15) is 0 Å². The first-order valence-corrected chi connectivity index (χ1v) is 8.41. The molecular weight excluding hydrogens is 304 g/mol. The zero-order chi connectivity index (χ0) is 14.7. The lowest BCUT2D eigenvalue weighted by Gasteiger charge is -2.28. The van der Waals surface area contributed by atoms with Crippen LogP contribution in [0.15, 0.2) is 6.07 Å². The number of nitrogens with one attached hydrogen (secondary N) is 1. The van der Waals surface area contributed by atoms with Gasteiger partial charge >= 0.3 is 0 Å². The predicted molar refractivity (Wildman–Crippen MR) is 92.1 cm³/mol. The Bertz CT molecular complexity index is 475. The number of rotatable bonds is 4. The Morgan fingerprint density at radius 1 is 1.43 bits per heavy atom. The summed E-state index contributed by atoms with van der Waals surface area (Å²) in [6.07, 6.45) is 5.16. The Kier molecular flexibility index (Phi) is 7.17. The van der Waals surface area contributed by atoms with Crippen LogP contribution >= 0.6 is 23.7 Å². The summed E-state index contributed by atoms with van der Waals surface area (Å²) < 4.78 is 0. The number of carbonyl (C=O) groups excluding carboxylic acids is 1. The molecule has 1 amide bonds.